The molecule has 222 valence electrons. The quantitative estimate of drug-likeness (QED) is 0.219. The molecule has 1 amide bonds. The first kappa shape index (κ1) is 29.2. The molecule has 43 heavy (non-hydrogen) atoms. The number of aliphatic carboxylic acids is 1. The zero-order valence-corrected chi connectivity index (χ0v) is 24.8. The Hall–Kier alpha value is -3.92. The van der Waals surface area contributed by atoms with E-state index in [0.29, 0.717) is 59.0 Å². The Kier molecular flexibility index (Phi) is 7.23. The largest absolute Gasteiger partial charge is 0.573 e. The first-order valence-electron chi connectivity index (χ1n) is 14.0. The number of pyridine rings is 1. The molecule has 1 heterocycles. The molecule has 0 aliphatic heterocycles. The average Bonchev–Trinajstić information content (AvgIpc) is 2.97. The normalized spacial score (nSPS) is 23.2. The highest BCUT2D eigenvalue weighted by atomic mass is 79.9. The number of halogens is 4. The van der Waals surface area contributed by atoms with Crippen LogP contribution in [0.3, 0.4) is 0 Å². The number of alkyl halides is 3. The first-order valence-corrected chi connectivity index (χ1v) is 14.8. The van der Waals surface area contributed by atoms with Crippen LogP contribution in [0.25, 0.3) is 22.2 Å². The molecule has 6 nitrogen and oxygen atoms in total. The number of hydrogen-bond acceptors (Lipinski definition) is 4. The van der Waals surface area contributed by atoms with Gasteiger partial charge in [-0.25, -0.2) is 4.98 Å². The van der Waals surface area contributed by atoms with Gasteiger partial charge in [-0.1, -0.05) is 58.4 Å². The van der Waals surface area contributed by atoms with Crippen LogP contribution in [0, 0.1) is 12.3 Å². The number of nitrogens with zero attached hydrogens (tertiary/aromatic N) is 1. The van der Waals surface area contributed by atoms with E-state index in [9.17, 15) is 27.9 Å². The van der Waals surface area contributed by atoms with Gasteiger partial charge in [-0.15, -0.1) is 13.2 Å². The number of ether oxygens (including phenoxy) is 1. The Bertz CT molecular complexity index is 1730. The fraction of sp³-hybridized carbons (Fsp3) is 0.303. The number of fused-ring (bicyclic) bond motifs is 4. The fourth-order valence-electron chi connectivity index (χ4n) is 6.98. The third-order valence-corrected chi connectivity index (χ3v) is 9.63. The van der Waals surface area contributed by atoms with Gasteiger partial charge >= 0.3 is 12.3 Å². The second-order valence-corrected chi connectivity index (χ2v) is 12.5. The number of rotatable bonds is 6. The van der Waals surface area contributed by atoms with Gasteiger partial charge in [-0.3, -0.25) is 9.59 Å². The molecule has 0 radical (unpaired) electrons. The summed E-state index contributed by atoms with van der Waals surface area (Å²) in [4.78, 5) is 31.7. The lowest BCUT2D eigenvalue weighted by Crippen LogP contribution is -2.62. The van der Waals surface area contributed by atoms with E-state index < -0.39 is 29.2 Å². The number of aromatic nitrogens is 1. The number of carbonyl (C=O) groups is 2. The van der Waals surface area contributed by atoms with Crippen molar-refractivity contribution in [2.24, 2.45) is 5.41 Å². The van der Waals surface area contributed by atoms with E-state index >= 15 is 0 Å². The summed E-state index contributed by atoms with van der Waals surface area (Å²) in [5.74, 6) is -2.18. The van der Waals surface area contributed by atoms with Crippen LogP contribution in [0.4, 0.5) is 13.2 Å². The van der Waals surface area contributed by atoms with Crippen molar-refractivity contribution in [1.82, 2.24) is 10.3 Å². The summed E-state index contributed by atoms with van der Waals surface area (Å²) in [6.45, 7) is 1.86. The second-order valence-electron chi connectivity index (χ2n) is 11.6. The molecule has 2 bridgehead atoms. The Labute approximate surface area is 254 Å². The third-order valence-electron chi connectivity index (χ3n) is 9.14. The number of amides is 1. The van der Waals surface area contributed by atoms with Gasteiger partial charge in [0.05, 0.1) is 22.2 Å². The molecule has 7 rings (SSSR count). The van der Waals surface area contributed by atoms with Crippen molar-refractivity contribution < 1.29 is 32.6 Å². The predicted octanol–water partition coefficient (Wildman–Crippen LogP) is 8.17. The van der Waals surface area contributed by atoms with Crippen LogP contribution in [-0.4, -0.2) is 33.9 Å². The number of nitrogens with one attached hydrogen (secondary N) is 1. The van der Waals surface area contributed by atoms with Gasteiger partial charge in [0.25, 0.3) is 5.91 Å². The zero-order valence-electron chi connectivity index (χ0n) is 23.2. The Morgan fingerprint density at radius 3 is 2.40 bits per heavy atom. The van der Waals surface area contributed by atoms with E-state index in [0.717, 1.165) is 10.0 Å². The van der Waals surface area contributed by atoms with E-state index in [1.54, 1.807) is 6.07 Å². The number of hydrogen-bond donors (Lipinski definition) is 2. The topological polar surface area (TPSA) is 88.5 Å². The zero-order chi connectivity index (χ0) is 30.6. The number of carboxylic acid groups (broad SMARTS) is 1. The first-order chi connectivity index (χ1) is 20.4. The van der Waals surface area contributed by atoms with E-state index in [1.807, 2.05) is 55.5 Å². The molecule has 0 spiro atoms. The van der Waals surface area contributed by atoms with Gasteiger partial charge in [0, 0.05) is 26.9 Å². The van der Waals surface area contributed by atoms with Crippen LogP contribution >= 0.6 is 15.9 Å². The van der Waals surface area contributed by atoms with Crippen LogP contribution in [0.1, 0.15) is 59.5 Å². The van der Waals surface area contributed by atoms with Crippen molar-refractivity contribution in [3.63, 3.8) is 0 Å². The fourth-order valence-corrected chi connectivity index (χ4v) is 7.34. The van der Waals surface area contributed by atoms with Crippen molar-refractivity contribution >= 4 is 38.7 Å². The monoisotopic (exact) mass is 652 g/mol. The minimum absolute atomic E-state index is 0.189. The molecule has 0 unspecified atom stereocenters. The standard InChI is InChI=1S/C33H28BrF3N2O4/c1-19-27(24-17-22(34)10-11-26(24)38-28(19)20-6-3-2-4-7-20)29(40)39-32-14-12-31(13-15-32,30(41)42)18-25(32)21-8-5-9-23(16-21)43-33(35,36)37/h2-11,16-17,25H,12-15,18H2,1H3,(H,39,40)(H,41,42)/t25-,31?,32?/m0/s1. The summed E-state index contributed by atoms with van der Waals surface area (Å²) < 4.78 is 44.1. The molecular weight excluding hydrogens is 625 g/mol. The highest BCUT2D eigenvalue weighted by Gasteiger charge is 2.58. The summed E-state index contributed by atoms with van der Waals surface area (Å²) in [5, 5.41) is 14.1. The molecule has 1 aromatic heterocycles. The average molecular weight is 653 g/mol. The third kappa shape index (κ3) is 5.37. The van der Waals surface area contributed by atoms with Crippen molar-refractivity contribution in [2.75, 3.05) is 0 Å². The molecule has 3 aliphatic carbocycles. The molecule has 0 saturated heterocycles. The number of carbonyl (C=O) groups excluding carboxylic acids is 1. The molecule has 4 aromatic rings. The molecule has 3 fully saturated rings. The minimum Gasteiger partial charge on any atom is -0.481 e. The lowest BCUT2D eigenvalue weighted by atomic mass is 9.51. The smallest absolute Gasteiger partial charge is 0.481 e. The maximum Gasteiger partial charge on any atom is 0.573 e. The molecule has 3 aliphatic rings. The van der Waals surface area contributed by atoms with Crippen LogP contribution in [0.15, 0.2) is 77.3 Å². The van der Waals surface area contributed by atoms with Gasteiger partial charge in [0.1, 0.15) is 5.75 Å². The van der Waals surface area contributed by atoms with E-state index in [-0.39, 0.29) is 18.1 Å². The molecule has 2 N–H and O–H groups in total. The number of benzene rings is 3. The summed E-state index contributed by atoms with van der Waals surface area (Å²) in [6, 6.07) is 20.8. The van der Waals surface area contributed by atoms with Crippen molar-refractivity contribution in [3.8, 4) is 17.0 Å². The minimum atomic E-state index is -4.87. The van der Waals surface area contributed by atoms with Gasteiger partial charge in [-0.05, 0) is 80.5 Å². The summed E-state index contributed by atoms with van der Waals surface area (Å²) in [7, 11) is 0. The van der Waals surface area contributed by atoms with Gasteiger partial charge in [-0.2, -0.15) is 0 Å². The lowest BCUT2D eigenvalue weighted by molar-refractivity contribution is -0.274. The van der Waals surface area contributed by atoms with Crippen molar-refractivity contribution in [2.45, 2.75) is 56.8 Å². The van der Waals surface area contributed by atoms with Crippen molar-refractivity contribution in [3.05, 3.63) is 94.0 Å². The highest BCUT2D eigenvalue weighted by molar-refractivity contribution is 9.10. The van der Waals surface area contributed by atoms with Crippen LogP contribution < -0.4 is 10.1 Å². The molecule has 3 saturated carbocycles. The number of carboxylic acids is 1. The van der Waals surface area contributed by atoms with E-state index in [2.05, 4.69) is 26.0 Å². The maximum absolute atomic E-state index is 14.4. The van der Waals surface area contributed by atoms with Crippen LogP contribution in [0.2, 0.25) is 0 Å². The molecule has 1 atom stereocenters. The van der Waals surface area contributed by atoms with Gasteiger partial charge < -0.3 is 15.2 Å². The Morgan fingerprint density at radius 2 is 1.72 bits per heavy atom. The SMILES string of the molecule is Cc1c(-c2ccccc2)nc2ccc(Br)cc2c1C(=O)NC12CCC(C(=O)O)(CC1)C[C@H]2c1cccc(OC(F)(F)F)c1. The van der Waals surface area contributed by atoms with Crippen molar-refractivity contribution in [1.29, 1.82) is 0 Å². The summed E-state index contributed by atoms with van der Waals surface area (Å²) >= 11 is 3.51. The van der Waals surface area contributed by atoms with E-state index in [1.165, 1.54) is 18.2 Å². The van der Waals surface area contributed by atoms with Crippen LogP contribution in [-0.2, 0) is 4.79 Å². The molecule has 10 heteroatoms. The van der Waals surface area contributed by atoms with Crippen LogP contribution in [0.5, 0.6) is 5.75 Å². The Balaban J connectivity index is 1.45. The summed E-state index contributed by atoms with van der Waals surface area (Å²) in [5.41, 5.74) is 1.93. The van der Waals surface area contributed by atoms with E-state index in [4.69, 9.17) is 4.98 Å². The molecule has 3 aromatic carbocycles. The maximum atomic E-state index is 14.4. The molecular formula is C33H28BrF3N2O4. The highest BCUT2D eigenvalue weighted by Crippen LogP contribution is 2.59. The Morgan fingerprint density at radius 1 is 1.00 bits per heavy atom. The predicted molar refractivity (Wildman–Crippen MR) is 159 cm³/mol. The van der Waals surface area contributed by atoms with Gasteiger partial charge in [0.2, 0.25) is 0 Å². The summed E-state index contributed by atoms with van der Waals surface area (Å²) in [6.07, 6.45) is -3.23. The lowest BCUT2D eigenvalue weighted by Gasteiger charge is -2.56. The van der Waals surface area contributed by atoms with Gasteiger partial charge in [0.15, 0.2) is 0 Å². The second kappa shape index (κ2) is 10.7.